The van der Waals surface area contributed by atoms with Gasteiger partial charge in [0.25, 0.3) is 0 Å². The van der Waals surface area contributed by atoms with Crippen LogP contribution < -0.4 is 5.32 Å². The molecule has 0 spiro atoms. The molecule has 124 valence electrons. The van der Waals surface area contributed by atoms with Crippen molar-refractivity contribution in [2.75, 3.05) is 0 Å². The van der Waals surface area contributed by atoms with Gasteiger partial charge < -0.3 is 9.88 Å². The number of dihydropyridines is 1. The first-order chi connectivity index (χ1) is 11.4. The second kappa shape index (κ2) is 5.79. The van der Waals surface area contributed by atoms with Crippen LogP contribution in [0.3, 0.4) is 0 Å². The molecule has 5 nitrogen and oxygen atoms in total. The summed E-state index contributed by atoms with van der Waals surface area (Å²) in [4.78, 5) is 25.0. The maximum Gasteiger partial charge on any atom is 0.161 e. The van der Waals surface area contributed by atoms with E-state index in [4.69, 9.17) is 0 Å². The summed E-state index contributed by atoms with van der Waals surface area (Å²) >= 11 is 0. The molecule has 1 N–H and O–H groups in total. The van der Waals surface area contributed by atoms with Crippen LogP contribution in [0.2, 0.25) is 0 Å². The van der Waals surface area contributed by atoms with E-state index in [9.17, 15) is 14.9 Å². The summed E-state index contributed by atoms with van der Waals surface area (Å²) < 4.78 is 1.82. The molecule has 3 rings (SSSR count). The molecule has 1 atom stereocenters. The zero-order chi connectivity index (χ0) is 17.6. The summed E-state index contributed by atoms with van der Waals surface area (Å²) in [5, 5.41) is 12.6. The zero-order valence-corrected chi connectivity index (χ0v) is 14.5. The van der Waals surface area contributed by atoms with Crippen LogP contribution in [0.5, 0.6) is 0 Å². The number of carbonyl (C=O) groups is 2. The van der Waals surface area contributed by atoms with E-state index in [1.54, 1.807) is 0 Å². The lowest BCUT2D eigenvalue weighted by Crippen LogP contribution is -2.33. The number of carbonyl (C=O) groups excluding carboxylic acids is 2. The predicted octanol–water partition coefficient (Wildman–Crippen LogP) is 2.76. The lowest BCUT2D eigenvalue weighted by molar-refractivity contribution is -0.116. The molecule has 1 aromatic heterocycles. The Morgan fingerprint density at radius 3 is 2.67 bits per heavy atom. The van der Waals surface area contributed by atoms with Crippen LogP contribution in [0.1, 0.15) is 56.0 Å². The molecule has 0 radical (unpaired) electrons. The van der Waals surface area contributed by atoms with Crippen molar-refractivity contribution >= 4 is 11.6 Å². The van der Waals surface area contributed by atoms with Crippen molar-refractivity contribution in [2.45, 2.75) is 46.0 Å². The number of hydrogen-bond acceptors (Lipinski definition) is 4. The summed E-state index contributed by atoms with van der Waals surface area (Å²) in [5.41, 5.74) is 5.39. The van der Waals surface area contributed by atoms with Gasteiger partial charge in [0.05, 0.1) is 0 Å². The van der Waals surface area contributed by atoms with Crippen LogP contribution in [0.15, 0.2) is 28.6 Å². The van der Waals surface area contributed by atoms with Gasteiger partial charge in [0.15, 0.2) is 11.6 Å². The number of nitrogens with one attached hydrogen (secondary N) is 1. The molecule has 0 amide bonds. The third kappa shape index (κ3) is 2.30. The van der Waals surface area contributed by atoms with Crippen LogP contribution in [0.25, 0.3) is 0 Å². The van der Waals surface area contributed by atoms with Crippen LogP contribution in [-0.2, 0) is 16.6 Å². The number of ketones is 2. The Morgan fingerprint density at radius 1 is 1.38 bits per heavy atom. The Labute approximate surface area is 141 Å². The van der Waals surface area contributed by atoms with Gasteiger partial charge in [-0.25, -0.2) is 0 Å². The minimum Gasteiger partial charge on any atom is -0.362 e. The molecule has 0 saturated heterocycles. The maximum absolute atomic E-state index is 12.7. The van der Waals surface area contributed by atoms with Gasteiger partial charge in [-0.2, -0.15) is 5.26 Å². The third-order valence-electron chi connectivity index (χ3n) is 5.16. The fourth-order valence-electron chi connectivity index (χ4n) is 3.88. The minimum atomic E-state index is -0.375. The Balaban J connectivity index is 2.28. The monoisotopic (exact) mass is 323 g/mol. The first-order valence-corrected chi connectivity index (χ1v) is 8.18. The Bertz CT molecular complexity index is 862. The van der Waals surface area contributed by atoms with Gasteiger partial charge in [-0.1, -0.05) is 0 Å². The zero-order valence-electron chi connectivity index (χ0n) is 14.5. The van der Waals surface area contributed by atoms with E-state index in [-0.39, 0.29) is 17.5 Å². The fourth-order valence-corrected chi connectivity index (χ4v) is 3.88. The second-order valence-electron chi connectivity index (χ2n) is 6.56. The Morgan fingerprint density at radius 2 is 2.08 bits per heavy atom. The van der Waals surface area contributed by atoms with Gasteiger partial charge in [-0.3, -0.25) is 9.59 Å². The highest BCUT2D eigenvalue weighted by atomic mass is 16.1. The number of allylic oxidation sites excluding steroid dienone is 4. The van der Waals surface area contributed by atoms with Gasteiger partial charge >= 0.3 is 0 Å². The average Bonchev–Trinajstić information content (AvgIpc) is 2.81. The smallest absolute Gasteiger partial charge is 0.161 e. The number of rotatable bonds is 2. The number of hydrogen-bond donors (Lipinski definition) is 1. The normalized spacial score (nSPS) is 20.6. The molecule has 1 aliphatic heterocycles. The summed E-state index contributed by atoms with van der Waals surface area (Å²) in [5.74, 6) is -0.321. The van der Waals surface area contributed by atoms with Crippen LogP contribution in [0, 0.1) is 18.3 Å². The van der Waals surface area contributed by atoms with Gasteiger partial charge in [0, 0.05) is 47.6 Å². The molecule has 2 aliphatic rings. The molecule has 1 aromatic rings. The highest BCUT2D eigenvalue weighted by Gasteiger charge is 2.38. The molecule has 0 bridgehead atoms. The quantitative estimate of drug-likeness (QED) is 0.908. The summed E-state index contributed by atoms with van der Waals surface area (Å²) in [6.45, 7) is 5.35. The molecular formula is C19H21N3O2. The lowest BCUT2D eigenvalue weighted by Gasteiger charge is -2.34. The van der Waals surface area contributed by atoms with Crippen molar-refractivity contribution in [3.63, 3.8) is 0 Å². The topological polar surface area (TPSA) is 74.9 Å². The molecule has 0 unspecified atom stereocenters. The largest absolute Gasteiger partial charge is 0.362 e. The maximum atomic E-state index is 12.7. The Kier molecular flexibility index (Phi) is 3.92. The molecule has 0 fully saturated rings. The van der Waals surface area contributed by atoms with Crippen LogP contribution >= 0.6 is 0 Å². The van der Waals surface area contributed by atoms with Crippen molar-refractivity contribution in [1.29, 1.82) is 5.26 Å². The first-order valence-electron chi connectivity index (χ1n) is 8.18. The van der Waals surface area contributed by atoms with E-state index in [1.807, 2.05) is 31.5 Å². The van der Waals surface area contributed by atoms with Crippen molar-refractivity contribution in [3.05, 3.63) is 45.6 Å². The molecule has 1 aliphatic carbocycles. The summed E-state index contributed by atoms with van der Waals surface area (Å²) in [7, 11) is 1.83. The van der Waals surface area contributed by atoms with Crippen LogP contribution in [0.4, 0.5) is 0 Å². The standard InChI is InChI=1S/C19H21N3O2/c1-10-17(12(3)23)18(14-8-13(9-20)22(4)11(14)2)19-15(21-10)6-5-7-16(19)24/h8,18,21H,5-7H2,1-4H3/t18-/m1/s1. The average molecular weight is 323 g/mol. The molecule has 0 saturated carbocycles. The van der Waals surface area contributed by atoms with Gasteiger partial charge in [0.1, 0.15) is 11.8 Å². The second-order valence-corrected chi connectivity index (χ2v) is 6.56. The predicted molar refractivity (Wildman–Crippen MR) is 90.0 cm³/mol. The van der Waals surface area contributed by atoms with E-state index in [1.165, 1.54) is 6.92 Å². The summed E-state index contributed by atoms with van der Waals surface area (Å²) in [6.07, 6.45) is 2.16. The van der Waals surface area contributed by atoms with E-state index in [0.717, 1.165) is 35.5 Å². The van der Waals surface area contributed by atoms with Crippen molar-refractivity contribution in [2.24, 2.45) is 7.05 Å². The molecule has 2 heterocycles. The number of nitriles is 1. The number of Topliss-reactive ketones (excluding diaryl/α,β-unsaturated/α-hetero) is 2. The summed E-state index contributed by atoms with van der Waals surface area (Å²) in [6, 6.07) is 3.99. The van der Waals surface area contributed by atoms with Crippen molar-refractivity contribution in [3.8, 4) is 6.07 Å². The molecular weight excluding hydrogens is 302 g/mol. The van der Waals surface area contributed by atoms with Crippen molar-refractivity contribution < 1.29 is 9.59 Å². The van der Waals surface area contributed by atoms with E-state index >= 15 is 0 Å². The first kappa shape index (κ1) is 16.3. The fraction of sp³-hybridized carbons (Fsp3) is 0.421. The molecule has 0 aromatic carbocycles. The highest BCUT2D eigenvalue weighted by molar-refractivity contribution is 6.05. The van der Waals surface area contributed by atoms with E-state index in [0.29, 0.717) is 23.3 Å². The lowest BCUT2D eigenvalue weighted by atomic mass is 9.74. The van der Waals surface area contributed by atoms with Crippen molar-refractivity contribution in [1.82, 2.24) is 9.88 Å². The van der Waals surface area contributed by atoms with Crippen LogP contribution in [-0.4, -0.2) is 16.1 Å². The minimum absolute atomic E-state index is 0.0447. The Hall–Kier alpha value is -2.61. The number of nitrogens with zero attached hydrogens (tertiary/aromatic N) is 2. The highest BCUT2D eigenvalue weighted by Crippen LogP contribution is 2.43. The number of aromatic nitrogens is 1. The molecule has 5 heteroatoms. The third-order valence-corrected chi connectivity index (χ3v) is 5.16. The van der Waals surface area contributed by atoms with Gasteiger partial charge in [0.2, 0.25) is 0 Å². The molecule has 24 heavy (non-hydrogen) atoms. The van der Waals surface area contributed by atoms with E-state index in [2.05, 4.69) is 11.4 Å². The SMILES string of the molecule is CC(=O)C1=C(C)NC2=C(C(=O)CCC2)[C@@H]1c1cc(C#N)n(C)c1C. The van der Waals surface area contributed by atoms with Gasteiger partial charge in [-0.05, 0) is 45.2 Å². The van der Waals surface area contributed by atoms with E-state index < -0.39 is 0 Å². The van der Waals surface area contributed by atoms with Gasteiger partial charge in [-0.15, -0.1) is 0 Å².